The fourth-order valence-electron chi connectivity index (χ4n) is 1.61. The van der Waals surface area contributed by atoms with E-state index in [2.05, 4.69) is 23.4 Å². The summed E-state index contributed by atoms with van der Waals surface area (Å²) in [5, 5.41) is 2.18. The van der Waals surface area contributed by atoms with Gasteiger partial charge in [-0.1, -0.05) is 13.0 Å². The third-order valence-electron chi connectivity index (χ3n) is 2.27. The minimum Gasteiger partial charge on any atom is -0.264 e. The summed E-state index contributed by atoms with van der Waals surface area (Å²) in [5.41, 5.74) is 1.30. The van der Waals surface area contributed by atoms with E-state index in [0.717, 1.165) is 5.92 Å². The van der Waals surface area contributed by atoms with Crippen molar-refractivity contribution in [1.29, 1.82) is 0 Å². The van der Waals surface area contributed by atoms with Crippen molar-refractivity contribution in [2.75, 3.05) is 0 Å². The Morgan fingerprint density at radius 1 is 1.64 bits per heavy atom. The van der Waals surface area contributed by atoms with Crippen molar-refractivity contribution in [3.8, 4) is 0 Å². The minimum atomic E-state index is 0.613. The minimum absolute atomic E-state index is 0.613. The molecule has 1 nitrogen and oxygen atoms in total. The van der Waals surface area contributed by atoms with Crippen LogP contribution in [0.3, 0.4) is 0 Å². The van der Waals surface area contributed by atoms with Crippen LogP contribution in [0.1, 0.15) is 13.8 Å². The van der Waals surface area contributed by atoms with Crippen LogP contribution in [0.5, 0.6) is 0 Å². The first kappa shape index (κ1) is 7.17. The van der Waals surface area contributed by atoms with Crippen LogP contribution in [0, 0.1) is 11.8 Å². The van der Waals surface area contributed by atoms with Crippen LogP contribution in [-0.4, -0.2) is 6.21 Å². The lowest BCUT2D eigenvalue weighted by atomic mass is 9.79. The summed E-state index contributed by atoms with van der Waals surface area (Å²) < 4.78 is 0. The maximum absolute atomic E-state index is 4.35. The lowest BCUT2D eigenvalue weighted by molar-refractivity contribution is 0.492. The Labute approximate surface area is 71.3 Å². The Kier molecular flexibility index (Phi) is 1.64. The number of aliphatic imine (C=N–C) groups is 1. The quantitative estimate of drug-likeness (QED) is 0.544. The van der Waals surface area contributed by atoms with Gasteiger partial charge in [0.15, 0.2) is 0 Å². The molecule has 2 atom stereocenters. The SMILES string of the molecule is CC=NC1=C2SC=CC1[C@H]2C. The molecule has 0 saturated heterocycles. The van der Waals surface area contributed by atoms with Crippen molar-refractivity contribution in [2.45, 2.75) is 13.8 Å². The van der Waals surface area contributed by atoms with E-state index in [9.17, 15) is 0 Å². The molecule has 3 aliphatic rings. The highest BCUT2D eigenvalue weighted by Crippen LogP contribution is 2.52. The third kappa shape index (κ3) is 0.890. The van der Waals surface area contributed by atoms with Crippen LogP contribution >= 0.6 is 11.8 Å². The Morgan fingerprint density at radius 3 is 2.91 bits per heavy atom. The summed E-state index contributed by atoms with van der Waals surface area (Å²) in [5.74, 6) is 1.34. The normalized spacial score (nSPS) is 34.7. The van der Waals surface area contributed by atoms with Crippen LogP contribution < -0.4 is 0 Å². The van der Waals surface area contributed by atoms with Crippen LogP contribution in [0.25, 0.3) is 0 Å². The number of allylic oxidation sites excluding steroid dienone is 2. The average molecular weight is 165 g/mol. The smallest absolute Gasteiger partial charge is 0.0575 e. The highest BCUT2D eigenvalue weighted by atomic mass is 32.2. The molecule has 1 unspecified atom stereocenters. The molecule has 0 fully saturated rings. The van der Waals surface area contributed by atoms with Gasteiger partial charge in [-0.2, -0.15) is 0 Å². The maximum atomic E-state index is 4.35. The van der Waals surface area contributed by atoms with Crippen molar-refractivity contribution < 1.29 is 0 Å². The maximum Gasteiger partial charge on any atom is 0.0575 e. The van der Waals surface area contributed by atoms with E-state index in [4.69, 9.17) is 0 Å². The van der Waals surface area contributed by atoms with Crippen LogP contribution in [0.2, 0.25) is 0 Å². The number of rotatable bonds is 1. The molecule has 0 saturated carbocycles. The highest BCUT2D eigenvalue weighted by molar-refractivity contribution is 8.06. The standard InChI is InChI=1S/C9H11NS/c1-3-10-8-7-4-5-11-9(8)6(7)2/h3-7H,1-2H3/t6-,7?/m1/s1. The van der Waals surface area contributed by atoms with E-state index < -0.39 is 0 Å². The van der Waals surface area contributed by atoms with Gasteiger partial charge in [0.1, 0.15) is 0 Å². The fraction of sp³-hybridized carbons (Fsp3) is 0.444. The zero-order valence-corrected chi connectivity index (χ0v) is 7.56. The Hall–Kier alpha value is -0.500. The number of hydrogen-bond donors (Lipinski definition) is 0. The summed E-state index contributed by atoms with van der Waals surface area (Å²) >= 11 is 1.83. The van der Waals surface area contributed by atoms with Gasteiger partial charge < -0.3 is 0 Å². The van der Waals surface area contributed by atoms with Crippen LogP contribution in [0.15, 0.2) is 27.1 Å². The topological polar surface area (TPSA) is 12.4 Å². The van der Waals surface area contributed by atoms with Gasteiger partial charge in [-0.05, 0) is 12.3 Å². The zero-order valence-electron chi connectivity index (χ0n) is 6.74. The van der Waals surface area contributed by atoms with Gasteiger partial charge >= 0.3 is 0 Å². The third-order valence-corrected chi connectivity index (χ3v) is 3.40. The molecular weight excluding hydrogens is 154 g/mol. The molecule has 3 rings (SSSR count). The molecule has 0 aromatic heterocycles. The first-order valence-electron chi connectivity index (χ1n) is 3.90. The lowest BCUT2D eigenvalue weighted by Gasteiger charge is -2.38. The van der Waals surface area contributed by atoms with Crippen LogP contribution in [-0.2, 0) is 0 Å². The highest BCUT2D eigenvalue weighted by Gasteiger charge is 2.37. The van der Waals surface area contributed by atoms with E-state index in [-0.39, 0.29) is 0 Å². The molecule has 0 aromatic rings. The monoisotopic (exact) mass is 165 g/mol. The predicted molar refractivity (Wildman–Crippen MR) is 50.6 cm³/mol. The number of fused-ring (bicyclic) bond motifs is 1. The molecule has 2 aliphatic heterocycles. The van der Waals surface area contributed by atoms with E-state index in [1.807, 2.05) is 24.9 Å². The molecule has 0 aromatic carbocycles. The first-order chi connectivity index (χ1) is 5.34. The van der Waals surface area contributed by atoms with Crippen molar-refractivity contribution in [3.05, 3.63) is 22.1 Å². The van der Waals surface area contributed by atoms with Crippen LogP contribution in [0.4, 0.5) is 0 Å². The molecule has 0 spiro atoms. The molecule has 0 amide bonds. The van der Waals surface area contributed by atoms with E-state index in [0.29, 0.717) is 5.92 Å². The van der Waals surface area contributed by atoms with Gasteiger partial charge in [0, 0.05) is 23.0 Å². The van der Waals surface area contributed by atoms with E-state index in [1.54, 1.807) is 0 Å². The molecule has 0 N–H and O–H groups in total. The molecule has 1 aliphatic carbocycles. The van der Waals surface area contributed by atoms with Gasteiger partial charge in [-0.3, -0.25) is 4.99 Å². The van der Waals surface area contributed by atoms with Gasteiger partial charge in [0.25, 0.3) is 0 Å². The second-order valence-corrected chi connectivity index (χ2v) is 3.85. The van der Waals surface area contributed by atoms with Gasteiger partial charge in [0.2, 0.25) is 0 Å². The largest absolute Gasteiger partial charge is 0.264 e. The molecule has 2 bridgehead atoms. The molecule has 2 heterocycles. The van der Waals surface area contributed by atoms with Crippen molar-refractivity contribution in [2.24, 2.45) is 16.8 Å². The summed E-state index contributed by atoms with van der Waals surface area (Å²) in [6, 6.07) is 0. The summed E-state index contributed by atoms with van der Waals surface area (Å²) in [7, 11) is 0. The molecular formula is C9H11NS. The average Bonchev–Trinajstić information content (AvgIpc) is 2.07. The summed E-state index contributed by atoms with van der Waals surface area (Å²) in [6.45, 7) is 4.24. The Bertz CT molecular complexity index is 263. The van der Waals surface area contributed by atoms with Gasteiger partial charge in [0.05, 0.1) is 5.70 Å². The van der Waals surface area contributed by atoms with Crippen molar-refractivity contribution in [1.82, 2.24) is 0 Å². The van der Waals surface area contributed by atoms with Crippen molar-refractivity contribution in [3.63, 3.8) is 0 Å². The van der Waals surface area contributed by atoms with Crippen molar-refractivity contribution >= 4 is 18.0 Å². The molecule has 2 heteroatoms. The Morgan fingerprint density at radius 2 is 2.45 bits per heavy atom. The summed E-state index contributed by atoms with van der Waals surface area (Å²) in [4.78, 5) is 5.82. The Balaban J connectivity index is 2.30. The van der Waals surface area contributed by atoms with E-state index >= 15 is 0 Å². The molecule has 11 heavy (non-hydrogen) atoms. The number of thioether (sulfide) groups is 1. The summed E-state index contributed by atoms with van der Waals surface area (Å²) in [6.07, 6.45) is 4.14. The van der Waals surface area contributed by atoms with Gasteiger partial charge in [-0.25, -0.2) is 0 Å². The fourth-order valence-corrected chi connectivity index (χ4v) is 2.68. The predicted octanol–water partition coefficient (Wildman–Crippen LogP) is 2.82. The zero-order chi connectivity index (χ0) is 7.84. The second-order valence-electron chi connectivity index (χ2n) is 2.90. The number of hydrogen-bond acceptors (Lipinski definition) is 2. The first-order valence-corrected chi connectivity index (χ1v) is 4.78. The molecule has 0 radical (unpaired) electrons. The van der Waals surface area contributed by atoms with Gasteiger partial charge in [-0.15, -0.1) is 11.8 Å². The number of nitrogens with zero attached hydrogens (tertiary/aromatic N) is 1. The molecule has 58 valence electrons. The van der Waals surface area contributed by atoms with E-state index in [1.165, 1.54) is 10.6 Å². The second kappa shape index (κ2) is 2.52. The lowest BCUT2D eigenvalue weighted by Crippen LogP contribution is -2.26.